The first-order valence-corrected chi connectivity index (χ1v) is 19.0. The van der Waals surface area contributed by atoms with Gasteiger partial charge in [0.15, 0.2) is 0 Å². The van der Waals surface area contributed by atoms with Gasteiger partial charge in [-0.2, -0.15) is 0 Å². The van der Waals surface area contributed by atoms with Crippen LogP contribution in [0.1, 0.15) is 76.3 Å². The van der Waals surface area contributed by atoms with Crippen LogP contribution in [0, 0.1) is 0 Å². The molecule has 0 fully saturated rings. The van der Waals surface area contributed by atoms with Crippen LogP contribution in [-0.4, -0.2) is 0 Å². The second-order valence-corrected chi connectivity index (χ2v) is 17.1. The molecule has 0 heterocycles. The molecule has 0 aromatic heterocycles. The largest absolute Gasteiger partial charge is 0.310 e. The number of benzene rings is 7. The first-order chi connectivity index (χ1) is 25.4. The molecule has 260 valence electrons. The quantitative estimate of drug-likeness (QED) is 0.174. The average molecular weight is 686 g/mol. The molecule has 0 radical (unpaired) electrons. The van der Waals surface area contributed by atoms with Gasteiger partial charge in [-0.3, -0.25) is 0 Å². The molecule has 0 N–H and O–H groups in total. The van der Waals surface area contributed by atoms with Gasteiger partial charge in [-0.1, -0.05) is 152 Å². The second-order valence-electron chi connectivity index (χ2n) is 17.1. The Labute approximate surface area is 315 Å². The molecule has 0 saturated carbocycles. The van der Waals surface area contributed by atoms with Crippen molar-refractivity contribution in [3.63, 3.8) is 0 Å². The van der Waals surface area contributed by atoms with E-state index in [4.69, 9.17) is 0 Å². The number of para-hydroxylation sites is 1. The van der Waals surface area contributed by atoms with Crippen LogP contribution in [0.15, 0.2) is 158 Å². The molecule has 1 heteroatoms. The predicted molar refractivity (Wildman–Crippen MR) is 226 cm³/mol. The van der Waals surface area contributed by atoms with Crippen LogP contribution in [0.4, 0.5) is 17.1 Å². The van der Waals surface area contributed by atoms with E-state index >= 15 is 0 Å². The van der Waals surface area contributed by atoms with Gasteiger partial charge >= 0.3 is 0 Å². The topological polar surface area (TPSA) is 3.24 Å². The summed E-state index contributed by atoms with van der Waals surface area (Å²) in [6.45, 7) is 16.3. The van der Waals surface area contributed by atoms with Gasteiger partial charge in [0.2, 0.25) is 0 Å². The minimum Gasteiger partial charge on any atom is -0.310 e. The van der Waals surface area contributed by atoms with Gasteiger partial charge in [-0.15, -0.1) is 0 Å². The number of hydrogen-bond acceptors (Lipinski definition) is 1. The fourth-order valence-electron chi connectivity index (χ4n) is 8.98. The molecule has 0 unspecified atom stereocenters. The molecule has 53 heavy (non-hydrogen) atoms. The molecule has 0 amide bonds. The van der Waals surface area contributed by atoms with Crippen molar-refractivity contribution in [2.45, 2.75) is 64.7 Å². The van der Waals surface area contributed by atoms with E-state index in [2.05, 4.69) is 211 Å². The monoisotopic (exact) mass is 685 g/mol. The van der Waals surface area contributed by atoms with Crippen molar-refractivity contribution in [3.8, 4) is 44.5 Å². The summed E-state index contributed by atoms with van der Waals surface area (Å²) >= 11 is 0. The smallest absolute Gasteiger partial charge is 0.0473 e. The van der Waals surface area contributed by atoms with Gasteiger partial charge < -0.3 is 4.90 Å². The Hall–Kier alpha value is -5.66. The maximum Gasteiger partial charge on any atom is 0.0473 e. The third-order valence-electron chi connectivity index (χ3n) is 12.0. The number of fused-ring (bicyclic) bond motifs is 6. The van der Waals surface area contributed by atoms with E-state index in [1.807, 2.05) is 0 Å². The van der Waals surface area contributed by atoms with E-state index in [1.165, 1.54) is 72.3 Å². The molecule has 2 aliphatic rings. The summed E-state index contributed by atoms with van der Waals surface area (Å²) in [4.78, 5) is 2.42. The zero-order valence-electron chi connectivity index (χ0n) is 32.0. The molecule has 0 aliphatic heterocycles. The van der Waals surface area contributed by atoms with Crippen LogP contribution < -0.4 is 4.90 Å². The molecule has 0 bridgehead atoms. The lowest BCUT2D eigenvalue weighted by Crippen LogP contribution is -2.15. The Morgan fingerprint density at radius 3 is 1.28 bits per heavy atom. The van der Waals surface area contributed by atoms with E-state index < -0.39 is 0 Å². The fourth-order valence-corrected chi connectivity index (χ4v) is 8.98. The van der Waals surface area contributed by atoms with Crippen molar-refractivity contribution < 1.29 is 0 Å². The lowest BCUT2D eigenvalue weighted by atomic mass is 9.81. The zero-order chi connectivity index (χ0) is 36.7. The number of hydrogen-bond donors (Lipinski definition) is 0. The molecule has 1 nitrogen and oxygen atoms in total. The van der Waals surface area contributed by atoms with E-state index in [0.29, 0.717) is 0 Å². The molecule has 0 spiro atoms. The first-order valence-electron chi connectivity index (χ1n) is 19.0. The van der Waals surface area contributed by atoms with Crippen molar-refractivity contribution in [2.75, 3.05) is 4.90 Å². The fraction of sp³-hybridized carbons (Fsp3) is 0.192. The van der Waals surface area contributed by atoms with E-state index in [-0.39, 0.29) is 16.2 Å². The summed E-state index contributed by atoms with van der Waals surface area (Å²) in [5, 5.41) is 0. The Balaban J connectivity index is 1.25. The third kappa shape index (κ3) is 5.36. The molecular formula is C52H47N. The Bertz CT molecular complexity index is 2400. The zero-order valence-corrected chi connectivity index (χ0v) is 32.0. The minimum atomic E-state index is -0.0756. The molecule has 7 aromatic carbocycles. The normalized spacial score (nSPS) is 14.6. The van der Waals surface area contributed by atoms with Crippen molar-refractivity contribution in [3.05, 3.63) is 186 Å². The maximum absolute atomic E-state index is 2.45. The summed E-state index contributed by atoms with van der Waals surface area (Å²) in [6, 6.07) is 59.2. The van der Waals surface area contributed by atoms with E-state index in [0.717, 1.165) is 17.1 Å². The summed E-state index contributed by atoms with van der Waals surface area (Å²) in [5.74, 6) is 0. The molecule has 2 aliphatic carbocycles. The first kappa shape index (κ1) is 33.2. The van der Waals surface area contributed by atoms with Crippen LogP contribution >= 0.6 is 0 Å². The number of anilines is 3. The van der Waals surface area contributed by atoms with Crippen LogP contribution in [0.5, 0.6) is 0 Å². The van der Waals surface area contributed by atoms with Gasteiger partial charge in [0, 0.05) is 27.9 Å². The highest BCUT2D eigenvalue weighted by molar-refractivity contribution is 5.89. The second kappa shape index (κ2) is 11.9. The average Bonchev–Trinajstić information content (AvgIpc) is 3.54. The van der Waals surface area contributed by atoms with E-state index in [1.54, 1.807) is 0 Å². The molecule has 0 saturated heterocycles. The molecule has 0 atom stereocenters. The van der Waals surface area contributed by atoms with Crippen molar-refractivity contribution in [1.82, 2.24) is 0 Å². The number of rotatable bonds is 5. The van der Waals surface area contributed by atoms with Crippen LogP contribution in [0.25, 0.3) is 44.5 Å². The molecule has 9 rings (SSSR count). The minimum absolute atomic E-state index is 0.0746. The summed E-state index contributed by atoms with van der Waals surface area (Å²) in [6.07, 6.45) is 0. The Morgan fingerprint density at radius 1 is 0.358 bits per heavy atom. The summed E-state index contributed by atoms with van der Waals surface area (Å²) in [5.41, 5.74) is 20.5. The van der Waals surface area contributed by atoms with Gasteiger partial charge in [-0.05, 0) is 132 Å². The Morgan fingerprint density at radius 2 is 0.792 bits per heavy atom. The van der Waals surface area contributed by atoms with Crippen LogP contribution in [0.2, 0.25) is 0 Å². The summed E-state index contributed by atoms with van der Waals surface area (Å²) in [7, 11) is 0. The molecular weight excluding hydrogens is 639 g/mol. The third-order valence-corrected chi connectivity index (χ3v) is 12.0. The van der Waals surface area contributed by atoms with Crippen molar-refractivity contribution >= 4 is 17.1 Å². The van der Waals surface area contributed by atoms with Crippen LogP contribution in [-0.2, 0) is 16.2 Å². The predicted octanol–water partition coefficient (Wildman–Crippen LogP) is 14.4. The van der Waals surface area contributed by atoms with Gasteiger partial charge in [0.05, 0.1) is 0 Å². The van der Waals surface area contributed by atoms with Crippen molar-refractivity contribution in [1.29, 1.82) is 0 Å². The molecule has 7 aromatic rings. The van der Waals surface area contributed by atoms with Gasteiger partial charge in [0.1, 0.15) is 0 Å². The SMILES string of the molecule is CC(C)(C)c1ccc(N(c2ccccc2)c2cc(-c3ccc4c(c3)C(C)(C)c3ccccc3-4)cc(-c3ccc4c(c3)C(C)(C)c3ccccc3-4)c2)cc1. The van der Waals surface area contributed by atoms with Crippen molar-refractivity contribution in [2.24, 2.45) is 0 Å². The number of nitrogens with zero attached hydrogens (tertiary/aromatic N) is 1. The lowest BCUT2D eigenvalue weighted by Gasteiger charge is -2.28. The van der Waals surface area contributed by atoms with Gasteiger partial charge in [0.25, 0.3) is 0 Å². The lowest BCUT2D eigenvalue weighted by molar-refractivity contribution is 0.590. The summed E-state index contributed by atoms with van der Waals surface area (Å²) < 4.78 is 0. The Kier molecular flexibility index (Phi) is 7.48. The maximum atomic E-state index is 2.45. The van der Waals surface area contributed by atoms with Crippen LogP contribution in [0.3, 0.4) is 0 Å². The highest BCUT2D eigenvalue weighted by Crippen LogP contribution is 2.52. The highest BCUT2D eigenvalue weighted by atomic mass is 15.1. The van der Waals surface area contributed by atoms with E-state index in [9.17, 15) is 0 Å². The van der Waals surface area contributed by atoms with Gasteiger partial charge in [-0.25, -0.2) is 0 Å². The standard InChI is InChI=1S/C52H47N/c1-50(2,3)38-23-25-40(26-24-38)53(39-15-9-8-10-16-39)41-30-36(34-21-27-44-42-17-11-13-19-46(42)51(4,5)48(44)32-34)29-37(31-41)35-22-28-45-43-18-12-14-20-47(43)52(6,7)49(45)33-35/h8-33H,1-7H3. The highest BCUT2D eigenvalue weighted by Gasteiger charge is 2.36.